The molecule has 0 amide bonds. The van der Waals surface area contributed by atoms with E-state index in [1.165, 1.54) is 18.2 Å². The molecule has 0 unspecified atom stereocenters. The van der Waals surface area contributed by atoms with Crippen LogP contribution in [0.5, 0.6) is 0 Å². The summed E-state index contributed by atoms with van der Waals surface area (Å²) in [4.78, 5) is 14.0. The van der Waals surface area contributed by atoms with Gasteiger partial charge in [-0.1, -0.05) is 18.2 Å². The van der Waals surface area contributed by atoms with Crippen LogP contribution >= 0.6 is 0 Å². The van der Waals surface area contributed by atoms with Crippen LogP contribution in [0.3, 0.4) is 0 Å². The lowest BCUT2D eigenvalue weighted by atomic mass is 9.75. The molecule has 2 aliphatic rings. The maximum Gasteiger partial charge on any atom is 0.416 e. The van der Waals surface area contributed by atoms with Gasteiger partial charge in [0.15, 0.2) is 5.78 Å². The standard InChI is InChI=1S/C23H16F5N3O/c24-15-3-1-4-16(25)21(15)31-17-5-2-6-18(32)20(17)19(14(11-29)22(31)30)12-7-9-13(10-8-12)23(26,27)28/h1,3-4,7-10,19H,2,5-6,30H2/t19-/m1/s1. The van der Waals surface area contributed by atoms with E-state index >= 15 is 0 Å². The van der Waals surface area contributed by atoms with Crippen LogP contribution in [-0.2, 0) is 11.0 Å². The van der Waals surface area contributed by atoms with Gasteiger partial charge in [0.2, 0.25) is 0 Å². The second-order valence-electron chi connectivity index (χ2n) is 7.51. The lowest BCUT2D eigenvalue weighted by molar-refractivity contribution is -0.137. The minimum absolute atomic E-state index is 0.115. The average Bonchev–Trinajstić information content (AvgIpc) is 2.74. The Bertz CT molecular complexity index is 1190. The Kier molecular flexibility index (Phi) is 5.25. The van der Waals surface area contributed by atoms with Crippen molar-refractivity contribution in [3.8, 4) is 6.07 Å². The molecule has 2 aromatic rings. The number of nitrogens with two attached hydrogens (primary N) is 1. The van der Waals surface area contributed by atoms with Crippen molar-refractivity contribution >= 4 is 11.5 Å². The summed E-state index contributed by atoms with van der Waals surface area (Å²) in [5, 5.41) is 9.84. The number of rotatable bonds is 2. The minimum Gasteiger partial charge on any atom is -0.384 e. The molecule has 4 nitrogen and oxygen atoms in total. The van der Waals surface area contributed by atoms with Crippen molar-refractivity contribution in [1.29, 1.82) is 5.26 Å². The zero-order valence-corrected chi connectivity index (χ0v) is 16.5. The van der Waals surface area contributed by atoms with E-state index < -0.39 is 35.0 Å². The van der Waals surface area contributed by atoms with E-state index in [0.717, 1.165) is 29.2 Å². The van der Waals surface area contributed by atoms with E-state index in [-0.39, 0.29) is 46.9 Å². The molecular formula is C23H16F5N3O. The van der Waals surface area contributed by atoms with Gasteiger partial charge in [-0.3, -0.25) is 9.69 Å². The molecule has 2 aromatic carbocycles. The van der Waals surface area contributed by atoms with Crippen LogP contribution in [0.2, 0.25) is 0 Å². The smallest absolute Gasteiger partial charge is 0.384 e. The number of para-hydroxylation sites is 1. The molecule has 2 N–H and O–H groups in total. The van der Waals surface area contributed by atoms with Crippen molar-refractivity contribution < 1.29 is 26.7 Å². The number of anilines is 1. The maximum atomic E-state index is 14.6. The van der Waals surface area contributed by atoms with E-state index in [4.69, 9.17) is 5.73 Å². The molecule has 0 aromatic heterocycles. The molecule has 4 rings (SSSR count). The molecule has 1 aliphatic heterocycles. The summed E-state index contributed by atoms with van der Waals surface area (Å²) >= 11 is 0. The molecule has 32 heavy (non-hydrogen) atoms. The number of allylic oxidation sites excluding steroid dienone is 3. The third kappa shape index (κ3) is 3.42. The summed E-state index contributed by atoms with van der Waals surface area (Å²) in [6.07, 6.45) is -3.75. The predicted octanol–water partition coefficient (Wildman–Crippen LogP) is 5.29. The van der Waals surface area contributed by atoms with Crippen molar-refractivity contribution in [2.45, 2.75) is 31.4 Å². The SMILES string of the molecule is N#CC1=C(N)N(c2c(F)cccc2F)C2=C(C(=O)CCC2)[C@@H]1c1ccc(C(F)(F)F)cc1. The Morgan fingerprint density at radius 3 is 2.22 bits per heavy atom. The van der Waals surface area contributed by atoms with Crippen LogP contribution in [0.4, 0.5) is 27.6 Å². The molecule has 0 spiro atoms. The van der Waals surface area contributed by atoms with Crippen molar-refractivity contribution in [1.82, 2.24) is 0 Å². The number of halogens is 5. The quantitative estimate of drug-likeness (QED) is 0.638. The average molecular weight is 445 g/mol. The van der Waals surface area contributed by atoms with Crippen LogP contribution in [-0.4, -0.2) is 5.78 Å². The first-order valence-electron chi connectivity index (χ1n) is 9.72. The summed E-state index contributed by atoms with van der Waals surface area (Å²) in [6.45, 7) is 0. The van der Waals surface area contributed by atoms with Crippen LogP contribution < -0.4 is 10.6 Å². The lowest BCUT2D eigenvalue weighted by Crippen LogP contribution is -2.39. The van der Waals surface area contributed by atoms with E-state index in [1.54, 1.807) is 0 Å². The number of hydrogen-bond donors (Lipinski definition) is 1. The second-order valence-corrected chi connectivity index (χ2v) is 7.51. The number of carbonyl (C=O) groups excluding carboxylic acids is 1. The minimum atomic E-state index is -4.55. The summed E-state index contributed by atoms with van der Waals surface area (Å²) < 4.78 is 68.2. The highest BCUT2D eigenvalue weighted by molar-refractivity contribution is 6.01. The van der Waals surface area contributed by atoms with E-state index in [9.17, 15) is 32.0 Å². The van der Waals surface area contributed by atoms with E-state index in [0.29, 0.717) is 6.42 Å². The topological polar surface area (TPSA) is 70.1 Å². The van der Waals surface area contributed by atoms with Gasteiger partial charge in [0.05, 0.1) is 23.1 Å². The van der Waals surface area contributed by atoms with Crippen molar-refractivity contribution in [2.24, 2.45) is 5.73 Å². The third-order valence-electron chi connectivity index (χ3n) is 5.65. The second kappa shape index (κ2) is 7.79. The fourth-order valence-corrected chi connectivity index (χ4v) is 4.24. The van der Waals surface area contributed by atoms with E-state index in [1.807, 2.05) is 6.07 Å². The number of Topliss-reactive ketones (excluding diaryl/α,β-unsaturated/α-hetero) is 1. The zero-order chi connectivity index (χ0) is 23.2. The first-order valence-corrected chi connectivity index (χ1v) is 9.72. The molecule has 0 radical (unpaired) electrons. The van der Waals surface area contributed by atoms with Gasteiger partial charge in [-0.2, -0.15) is 18.4 Å². The monoisotopic (exact) mass is 445 g/mol. The molecule has 0 saturated carbocycles. The van der Waals surface area contributed by atoms with E-state index in [2.05, 4.69) is 0 Å². The van der Waals surface area contributed by atoms with Gasteiger partial charge in [0.25, 0.3) is 0 Å². The Morgan fingerprint density at radius 2 is 1.66 bits per heavy atom. The summed E-state index contributed by atoms with van der Waals surface area (Å²) in [5.74, 6) is -3.50. The third-order valence-corrected chi connectivity index (χ3v) is 5.65. The van der Waals surface area contributed by atoms with Crippen LogP contribution in [0.25, 0.3) is 0 Å². The molecular weight excluding hydrogens is 429 g/mol. The van der Waals surface area contributed by atoms with Gasteiger partial charge in [0, 0.05) is 17.7 Å². The van der Waals surface area contributed by atoms with Crippen molar-refractivity contribution in [2.75, 3.05) is 4.90 Å². The molecule has 0 bridgehead atoms. The fourth-order valence-electron chi connectivity index (χ4n) is 4.24. The van der Waals surface area contributed by atoms with Gasteiger partial charge in [-0.25, -0.2) is 8.78 Å². The number of nitrogens with zero attached hydrogens (tertiary/aromatic N) is 2. The number of hydrogen-bond acceptors (Lipinski definition) is 4. The molecule has 1 atom stereocenters. The van der Waals surface area contributed by atoms with Gasteiger partial charge in [0.1, 0.15) is 23.1 Å². The highest BCUT2D eigenvalue weighted by atomic mass is 19.4. The Morgan fingerprint density at radius 1 is 1.03 bits per heavy atom. The van der Waals surface area contributed by atoms with Gasteiger partial charge in [-0.15, -0.1) is 0 Å². The normalized spacial score (nSPS) is 19.2. The highest BCUT2D eigenvalue weighted by Gasteiger charge is 2.42. The summed E-state index contributed by atoms with van der Waals surface area (Å²) in [7, 11) is 0. The summed E-state index contributed by atoms with van der Waals surface area (Å²) in [6, 6.07) is 9.22. The highest BCUT2D eigenvalue weighted by Crippen LogP contribution is 2.47. The van der Waals surface area contributed by atoms with Crippen LogP contribution in [0.15, 0.2) is 65.1 Å². The first kappa shape index (κ1) is 21.6. The molecule has 1 heterocycles. The first-order chi connectivity index (χ1) is 15.1. The molecule has 1 aliphatic carbocycles. The molecule has 164 valence electrons. The Labute approximate surface area is 180 Å². The molecule has 9 heteroatoms. The number of alkyl halides is 3. The number of nitriles is 1. The van der Waals surface area contributed by atoms with Gasteiger partial charge in [-0.05, 0) is 42.7 Å². The molecule has 0 saturated heterocycles. The Balaban J connectivity index is 1.95. The largest absolute Gasteiger partial charge is 0.416 e. The number of ketones is 1. The molecule has 0 fully saturated rings. The number of carbonyl (C=O) groups is 1. The fraction of sp³-hybridized carbons (Fsp3) is 0.217. The van der Waals surface area contributed by atoms with Crippen molar-refractivity contribution in [3.63, 3.8) is 0 Å². The predicted molar refractivity (Wildman–Crippen MR) is 106 cm³/mol. The lowest BCUT2D eigenvalue weighted by Gasteiger charge is -2.39. The van der Waals surface area contributed by atoms with Gasteiger partial charge >= 0.3 is 6.18 Å². The van der Waals surface area contributed by atoms with Gasteiger partial charge < -0.3 is 5.73 Å². The van der Waals surface area contributed by atoms with Crippen LogP contribution in [0, 0.1) is 23.0 Å². The maximum absolute atomic E-state index is 14.6. The Hall–Kier alpha value is -3.67. The van der Waals surface area contributed by atoms with Crippen LogP contribution in [0.1, 0.15) is 36.3 Å². The number of benzene rings is 2. The van der Waals surface area contributed by atoms with Crippen molar-refractivity contribution in [3.05, 3.63) is 87.9 Å². The zero-order valence-electron chi connectivity index (χ0n) is 16.5. The summed E-state index contributed by atoms with van der Waals surface area (Å²) in [5.41, 5.74) is 5.27.